The molecule has 0 fully saturated rings. The molecule has 5 nitrogen and oxygen atoms in total. The number of carbonyl (C=O) groups excluding carboxylic acids is 2. The molecule has 4 aromatic rings. The molecule has 0 saturated heterocycles. The van der Waals surface area contributed by atoms with Gasteiger partial charge < -0.3 is 10.2 Å². The molecule has 3 aromatic carbocycles. The summed E-state index contributed by atoms with van der Waals surface area (Å²) in [6.45, 7) is 0.633. The Bertz CT molecular complexity index is 1350. The summed E-state index contributed by atoms with van der Waals surface area (Å²) in [5.74, 6) is -0.129. The van der Waals surface area contributed by atoms with E-state index in [1.165, 1.54) is 0 Å². The summed E-state index contributed by atoms with van der Waals surface area (Å²) in [6.07, 6.45) is 2.73. The second kappa shape index (κ2) is 9.77. The van der Waals surface area contributed by atoms with Gasteiger partial charge in [0.15, 0.2) is 0 Å². The average Bonchev–Trinajstić information content (AvgIpc) is 3.29. The lowest BCUT2D eigenvalue weighted by molar-refractivity contribution is -0.117. The molecule has 0 aliphatic carbocycles. The molecule has 6 heteroatoms. The molecule has 2 heterocycles. The third-order valence-electron chi connectivity index (χ3n) is 5.92. The van der Waals surface area contributed by atoms with Gasteiger partial charge in [-0.3, -0.25) is 14.6 Å². The largest absolute Gasteiger partial charge is 0.322 e. The number of hydrogen-bond acceptors (Lipinski definition) is 3. The number of aromatic nitrogens is 1. The summed E-state index contributed by atoms with van der Waals surface area (Å²) in [5.41, 5.74) is 5.95. The summed E-state index contributed by atoms with van der Waals surface area (Å²) < 4.78 is 1.15. The third kappa shape index (κ3) is 4.72. The van der Waals surface area contributed by atoms with E-state index in [0.29, 0.717) is 12.1 Å². The van der Waals surface area contributed by atoms with Gasteiger partial charge in [-0.25, -0.2) is 0 Å². The Labute approximate surface area is 212 Å². The monoisotopic (exact) mass is 559 g/mol. The molecule has 0 saturated carbocycles. The first-order valence-corrected chi connectivity index (χ1v) is 12.2. The van der Waals surface area contributed by atoms with Crippen LogP contribution in [0.15, 0.2) is 91.1 Å². The Morgan fingerprint density at radius 3 is 2.53 bits per heavy atom. The van der Waals surface area contributed by atoms with Gasteiger partial charge in [-0.2, -0.15) is 0 Å². The molecule has 1 N–H and O–H groups in total. The van der Waals surface area contributed by atoms with Gasteiger partial charge in [0.2, 0.25) is 5.91 Å². The fraction of sp³-hybridized carbons (Fsp3) is 0.107. The highest BCUT2D eigenvalue weighted by atomic mass is 127. The Hall–Kier alpha value is -3.52. The van der Waals surface area contributed by atoms with Crippen LogP contribution < -0.4 is 10.2 Å². The standard InChI is InChI=1S/C28H22IN3O2/c29-21-10-8-19(9-11-21)24-6-1-2-7-25(24)28(34)31-23-12-13-26-20(17-23)14-16-32(26)27(33)18-22-5-3-4-15-30-22/h1-13,15,17H,14,16,18H2,(H,31,34). The molecule has 1 aliphatic rings. The lowest BCUT2D eigenvalue weighted by Gasteiger charge is -2.17. The Kier molecular flexibility index (Phi) is 6.40. The first kappa shape index (κ1) is 22.3. The van der Waals surface area contributed by atoms with Crippen molar-refractivity contribution in [2.24, 2.45) is 0 Å². The van der Waals surface area contributed by atoms with Gasteiger partial charge in [0.1, 0.15) is 0 Å². The molecular weight excluding hydrogens is 537 g/mol. The molecule has 0 unspecified atom stereocenters. The zero-order valence-electron chi connectivity index (χ0n) is 18.4. The first-order valence-electron chi connectivity index (χ1n) is 11.1. The number of nitrogens with zero attached hydrogens (tertiary/aromatic N) is 2. The fourth-order valence-electron chi connectivity index (χ4n) is 4.25. The normalized spacial score (nSPS) is 12.3. The first-order chi connectivity index (χ1) is 16.6. The van der Waals surface area contributed by atoms with E-state index < -0.39 is 0 Å². The number of nitrogens with one attached hydrogen (secondary N) is 1. The van der Waals surface area contributed by atoms with E-state index in [1.54, 1.807) is 6.20 Å². The zero-order valence-corrected chi connectivity index (χ0v) is 20.5. The third-order valence-corrected chi connectivity index (χ3v) is 6.64. The predicted octanol–water partition coefficient (Wildman–Crippen LogP) is 5.74. The van der Waals surface area contributed by atoms with Gasteiger partial charge in [-0.05, 0) is 94.2 Å². The summed E-state index contributed by atoms with van der Waals surface area (Å²) in [6, 6.07) is 27.1. The van der Waals surface area contributed by atoms with Crippen LogP contribution >= 0.6 is 22.6 Å². The highest BCUT2D eigenvalue weighted by Crippen LogP contribution is 2.32. The van der Waals surface area contributed by atoms with E-state index in [0.717, 1.165) is 43.8 Å². The molecule has 0 spiro atoms. The summed E-state index contributed by atoms with van der Waals surface area (Å²) in [7, 11) is 0. The van der Waals surface area contributed by atoms with Crippen LogP contribution in [0.4, 0.5) is 11.4 Å². The predicted molar refractivity (Wildman–Crippen MR) is 143 cm³/mol. The Balaban J connectivity index is 1.33. The van der Waals surface area contributed by atoms with Gasteiger partial charge in [0.05, 0.1) is 6.42 Å². The molecule has 2 amide bonds. The maximum absolute atomic E-state index is 13.2. The van der Waals surface area contributed by atoms with Gasteiger partial charge >= 0.3 is 0 Å². The number of pyridine rings is 1. The molecule has 34 heavy (non-hydrogen) atoms. The van der Waals surface area contributed by atoms with Crippen molar-refractivity contribution in [1.29, 1.82) is 0 Å². The fourth-order valence-corrected chi connectivity index (χ4v) is 4.61. The molecule has 0 atom stereocenters. The summed E-state index contributed by atoms with van der Waals surface area (Å²) in [4.78, 5) is 32.1. The lowest BCUT2D eigenvalue weighted by Crippen LogP contribution is -2.30. The highest BCUT2D eigenvalue weighted by Gasteiger charge is 2.25. The lowest BCUT2D eigenvalue weighted by atomic mass is 9.99. The van der Waals surface area contributed by atoms with Gasteiger partial charge in [-0.15, -0.1) is 0 Å². The number of hydrogen-bond donors (Lipinski definition) is 1. The number of halogens is 1. The van der Waals surface area contributed by atoms with Crippen molar-refractivity contribution in [3.05, 3.63) is 112 Å². The van der Waals surface area contributed by atoms with Crippen LogP contribution in [0.2, 0.25) is 0 Å². The van der Waals surface area contributed by atoms with E-state index in [1.807, 2.05) is 89.8 Å². The van der Waals surface area contributed by atoms with Gasteiger partial charge in [0, 0.05) is 38.9 Å². The topological polar surface area (TPSA) is 62.3 Å². The van der Waals surface area contributed by atoms with Crippen molar-refractivity contribution in [2.75, 3.05) is 16.8 Å². The minimum absolute atomic E-state index is 0.0284. The number of rotatable bonds is 5. The van der Waals surface area contributed by atoms with Crippen LogP contribution in [-0.2, 0) is 17.6 Å². The van der Waals surface area contributed by atoms with Crippen LogP contribution in [0.5, 0.6) is 0 Å². The Morgan fingerprint density at radius 2 is 1.74 bits per heavy atom. The number of fused-ring (bicyclic) bond motifs is 1. The zero-order chi connectivity index (χ0) is 23.5. The second-order valence-electron chi connectivity index (χ2n) is 8.14. The maximum atomic E-state index is 13.2. The van der Waals surface area contributed by atoms with Crippen molar-refractivity contribution in [3.63, 3.8) is 0 Å². The average molecular weight is 559 g/mol. The molecule has 1 aliphatic heterocycles. The summed E-state index contributed by atoms with van der Waals surface area (Å²) >= 11 is 2.27. The van der Waals surface area contributed by atoms with E-state index in [9.17, 15) is 9.59 Å². The highest BCUT2D eigenvalue weighted by molar-refractivity contribution is 14.1. The smallest absolute Gasteiger partial charge is 0.256 e. The van der Waals surface area contributed by atoms with E-state index >= 15 is 0 Å². The van der Waals surface area contributed by atoms with E-state index in [-0.39, 0.29) is 18.2 Å². The van der Waals surface area contributed by atoms with Crippen molar-refractivity contribution < 1.29 is 9.59 Å². The molecule has 168 valence electrons. The molecule has 5 rings (SSSR count). The molecule has 1 aromatic heterocycles. The second-order valence-corrected chi connectivity index (χ2v) is 9.39. The minimum atomic E-state index is -0.157. The quantitative estimate of drug-likeness (QED) is 0.318. The Morgan fingerprint density at radius 1 is 0.941 bits per heavy atom. The van der Waals surface area contributed by atoms with Crippen molar-refractivity contribution in [1.82, 2.24) is 4.98 Å². The van der Waals surface area contributed by atoms with Crippen LogP contribution in [0.3, 0.4) is 0 Å². The number of benzene rings is 3. The maximum Gasteiger partial charge on any atom is 0.256 e. The molecule has 0 bridgehead atoms. The molecular formula is C28H22IN3O2. The van der Waals surface area contributed by atoms with Crippen LogP contribution in [-0.4, -0.2) is 23.3 Å². The van der Waals surface area contributed by atoms with Crippen molar-refractivity contribution >= 4 is 45.8 Å². The van der Waals surface area contributed by atoms with Crippen LogP contribution in [0, 0.1) is 3.57 Å². The number of carbonyl (C=O) groups is 2. The van der Waals surface area contributed by atoms with Crippen LogP contribution in [0.1, 0.15) is 21.6 Å². The minimum Gasteiger partial charge on any atom is -0.322 e. The van der Waals surface area contributed by atoms with Crippen molar-refractivity contribution in [2.45, 2.75) is 12.8 Å². The SMILES string of the molecule is O=C(Nc1ccc2c(c1)CCN2C(=O)Cc1ccccn1)c1ccccc1-c1ccc(I)cc1. The molecule has 0 radical (unpaired) electrons. The van der Waals surface area contributed by atoms with Gasteiger partial charge in [-0.1, -0.05) is 36.4 Å². The summed E-state index contributed by atoms with van der Waals surface area (Å²) in [5, 5.41) is 3.04. The van der Waals surface area contributed by atoms with Crippen LogP contribution in [0.25, 0.3) is 11.1 Å². The van der Waals surface area contributed by atoms with E-state index in [2.05, 4.69) is 32.9 Å². The van der Waals surface area contributed by atoms with Crippen molar-refractivity contribution in [3.8, 4) is 11.1 Å². The number of anilines is 2. The van der Waals surface area contributed by atoms with E-state index in [4.69, 9.17) is 0 Å². The van der Waals surface area contributed by atoms with Gasteiger partial charge in [0.25, 0.3) is 5.91 Å². The number of amides is 2.